The molecule has 0 unspecified atom stereocenters. The number of piperidine rings is 3. The molecular weight excluding hydrogens is 394 g/mol. The van der Waals surface area contributed by atoms with E-state index in [1.807, 2.05) is 11.1 Å². The van der Waals surface area contributed by atoms with Crippen LogP contribution in [0, 0.1) is 17.8 Å². The fraction of sp³-hybridized carbons (Fsp3) is 0.609. The summed E-state index contributed by atoms with van der Waals surface area (Å²) in [6.45, 7) is 10.3. The number of urea groups is 1. The van der Waals surface area contributed by atoms with Crippen LogP contribution in [0.1, 0.15) is 24.6 Å². The number of hydrogen-bond donors (Lipinski definition) is 2. The van der Waals surface area contributed by atoms with Crippen LogP contribution in [0.25, 0.3) is 12.3 Å². The van der Waals surface area contributed by atoms with Crippen molar-refractivity contribution in [2.45, 2.75) is 31.8 Å². The van der Waals surface area contributed by atoms with Gasteiger partial charge in [-0.1, -0.05) is 11.8 Å². The highest BCUT2D eigenvalue weighted by Crippen LogP contribution is 2.32. The molecule has 6 rings (SSSR count). The summed E-state index contributed by atoms with van der Waals surface area (Å²) < 4.78 is 1.22. The number of thiophene rings is 1. The molecule has 0 saturated carbocycles. The summed E-state index contributed by atoms with van der Waals surface area (Å²) in [7, 11) is 0. The zero-order valence-electron chi connectivity index (χ0n) is 17.7. The van der Waals surface area contributed by atoms with Gasteiger partial charge in [0.05, 0.1) is 11.4 Å². The maximum atomic E-state index is 13.0. The Morgan fingerprint density at radius 2 is 2.07 bits per heavy atom. The van der Waals surface area contributed by atoms with E-state index < -0.39 is 0 Å². The molecule has 30 heavy (non-hydrogen) atoms. The number of rotatable bonds is 2. The number of nitrogens with one attached hydrogen (secondary N) is 2. The number of carbonyl (C=O) groups excluding carboxylic acids is 1. The van der Waals surface area contributed by atoms with Crippen LogP contribution < -0.4 is 20.4 Å². The van der Waals surface area contributed by atoms with Crippen LogP contribution in [0.5, 0.6) is 0 Å². The molecule has 7 heteroatoms. The minimum absolute atomic E-state index is 0.0278. The molecule has 4 saturated heterocycles. The monoisotopic (exact) mass is 425 g/mol. The van der Waals surface area contributed by atoms with Crippen molar-refractivity contribution in [2.24, 2.45) is 5.92 Å². The van der Waals surface area contributed by atoms with E-state index in [9.17, 15) is 4.79 Å². The van der Waals surface area contributed by atoms with Crippen molar-refractivity contribution in [1.82, 2.24) is 25.3 Å². The lowest BCUT2D eigenvalue weighted by atomic mass is 9.79. The second-order valence-corrected chi connectivity index (χ2v) is 9.92. The quantitative estimate of drug-likeness (QED) is 0.657. The van der Waals surface area contributed by atoms with Crippen molar-refractivity contribution in [3.8, 4) is 11.8 Å². The highest BCUT2D eigenvalue weighted by atomic mass is 32.1. The lowest BCUT2D eigenvalue weighted by Crippen LogP contribution is -2.63. The lowest BCUT2D eigenvalue weighted by Gasteiger charge is -2.50. The third-order valence-corrected chi connectivity index (χ3v) is 8.07. The van der Waals surface area contributed by atoms with Crippen molar-refractivity contribution in [3.63, 3.8) is 0 Å². The molecule has 0 aromatic carbocycles. The molecular formula is C23H31N5OS. The summed E-state index contributed by atoms with van der Waals surface area (Å²) in [5.41, 5.74) is 0. The van der Waals surface area contributed by atoms with Crippen molar-refractivity contribution < 1.29 is 4.79 Å². The molecule has 160 valence electrons. The molecule has 2 amide bonds. The molecule has 5 aliphatic heterocycles. The number of amides is 2. The van der Waals surface area contributed by atoms with Gasteiger partial charge in [-0.3, -0.25) is 14.7 Å². The second-order valence-electron chi connectivity index (χ2n) is 8.83. The lowest BCUT2D eigenvalue weighted by molar-refractivity contribution is 0.0255. The Labute approximate surface area is 182 Å². The Balaban J connectivity index is 1.24. The van der Waals surface area contributed by atoms with E-state index in [4.69, 9.17) is 0 Å². The molecule has 2 atom stereocenters. The SMILES string of the molecule is C[C@H]1[C@H](NC(=O)N2C=c3cc(C#CCN4CCNCC4)sc3=CC2)C2CCN1CC2. The van der Waals surface area contributed by atoms with Gasteiger partial charge in [0.2, 0.25) is 0 Å². The van der Waals surface area contributed by atoms with Crippen LogP contribution in [0.2, 0.25) is 0 Å². The van der Waals surface area contributed by atoms with E-state index in [-0.39, 0.29) is 12.1 Å². The van der Waals surface area contributed by atoms with Crippen LogP contribution in [-0.2, 0) is 0 Å². The second kappa shape index (κ2) is 8.72. The van der Waals surface area contributed by atoms with E-state index in [0.717, 1.165) is 42.8 Å². The van der Waals surface area contributed by atoms with Crippen molar-refractivity contribution in [1.29, 1.82) is 0 Å². The molecule has 1 aromatic heterocycles. The van der Waals surface area contributed by atoms with Gasteiger partial charge in [0.1, 0.15) is 0 Å². The summed E-state index contributed by atoms with van der Waals surface area (Å²) in [5.74, 6) is 7.27. The summed E-state index contributed by atoms with van der Waals surface area (Å²) in [5, 5.41) is 7.81. The number of fused-ring (bicyclic) bond motifs is 4. The first-order chi connectivity index (χ1) is 14.7. The van der Waals surface area contributed by atoms with Crippen molar-refractivity contribution in [3.05, 3.63) is 20.7 Å². The molecule has 2 bridgehead atoms. The average molecular weight is 426 g/mol. The highest BCUT2D eigenvalue weighted by molar-refractivity contribution is 7.10. The maximum Gasteiger partial charge on any atom is 0.321 e. The first-order valence-electron chi connectivity index (χ1n) is 11.2. The van der Waals surface area contributed by atoms with E-state index in [1.54, 1.807) is 11.3 Å². The van der Waals surface area contributed by atoms with Gasteiger partial charge in [-0.25, -0.2) is 4.79 Å². The number of nitrogens with zero attached hydrogens (tertiary/aromatic N) is 3. The standard InChI is InChI=1S/C23H31N5OS/c1-17-22(18-4-10-27(17)11-5-18)25-23(29)28-12-6-21-19(16-28)15-20(30-21)3-2-9-26-13-7-24-8-14-26/h6,15-18,22,24H,4-5,7-14H2,1H3,(H,25,29)/t17-,22-/m0/s1. The Hall–Kier alpha value is -1.85. The van der Waals surface area contributed by atoms with Crippen LogP contribution in [0.3, 0.4) is 0 Å². The topological polar surface area (TPSA) is 50.9 Å². The van der Waals surface area contributed by atoms with Gasteiger partial charge in [0, 0.05) is 60.8 Å². The number of piperazine rings is 1. The zero-order chi connectivity index (χ0) is 20.5. The summed E-state index contributed by atoms with van der Waals surface area (Å²) in [6, 6.07) is 2.85. The van der Waals surface area contributed by atoms with Gasteiger partial charge < -0.3 is 10.6 Å². The molecule has 0 aliphatic carbocycles. The molecule has 0 spiro atoms. The predicted molar refractivity (Wildman–Crippen MR) is 121 cm³/mol. The smallest absolute Gasteiger partial charge is 0.321 e. The molecule has 4 fully saturated rings. The molecule has 5 aliphatic rings. The number of carbonyl (C=O) groups is 1. The number of hydrogen-bond acceptors (Lipinski definition) is 5. The third kappa shape index (κ3) is 4.15. The Kier molecular flexibility index (Phi) is 5.83. The third-order valence-electron chi connectivity index (χ3n) is 7.01. The summed E-state index contributed by atoms with van der Waals surface area (Å²) in [6.07, 6.45) is 6.56. The van der Waals surface area contributed by atoms with Crippen molar-refractivity contribution >= 4 is 29.6 Å². The van der Waals surface area contributed by atoms with Gasteiger partial charge in [-0.15, -0.1) is 11.3 Å². The first kappa shape index (κ1) is 20.1. The highest BCUT2D eigenvalue weighted by Gasteiger charge is 2.40. The molecule has 2 N–H and O–H groups in total. The molecule has 6 heterocycles. The maximum absolute atomic E-state index is 13.0. The predicted octanol–water partition coefficient (Wildman–Crippen LogP) is 0.0312. The van der Waals surface area contributed by atoms with Crippen LogP contribution in [0.15, 0.2) is 6.07 Å². The summed E-state index contributed by atoms with van der Waals surface area (Å²) in [4.78, 5) is 20.8. The van der Waals surface area contributed by atoms with Gasteiger partial charge >= 0.3 is 6.03 Å². The van der Waals surface area contributed by atoms with Crippen LogP contribution >= 0.6 is 11.3 Å². The van der Waals surface area contributed by atoms with E-state index >= 15 is 0 Å². The first-order valence-corrected chi connectivity index (χ1v) is 12.0. The van der Waals surface area contributed by atoms with E-state index in [2.05, 4.69) is 51.3 Å². The zero-order valence-corrected chi connectivity index (χ0v) is 18.5. The normalized spacial score (nSPS) is 30.5. The van der Waals surface area contributed by atoms with Gasteiger partial charge in [-0.05, 0) is 50.9 Å². The van der Waals surface area contributed by atoms with Crippen LogP contribution in [-0.4, -0.2) is 85.2 Å². The molecule has 0 radical (unpaired) electrons. The fourth-order valence-corrected chi connectivity index (χ4v) is 6.10. The van der Waals surface area contributed by atoms with E-state index in [1.165, 1.54) is 30.5 Å². The largest absolute Gasteiger partial charge is 0.333 e. The van der Waals surface area contributed by atoms with E-state index in [0.29, 0.717) is 18.5 Å². The minimum atomic E-state index is 0.0278. The van der Waals surface area contributed by atoms with Gasteiger partial charge in [0.25, 0.3) is 0 Å². The average Bonchev–Trinajstić information content (AvgIpc) is 3.19. The minimum Gasteiger partial charge on any atom is -0.333 e. The van der Waals surface area contributed by atoms with Gasteiger partial charge in [0.15, 0.2) is 0 Å². The van der Waals surface area contributed by atoms with Crippen molar-refractivity contribution in [2.75, 3.05) is 52.4 Å². The summed E-state index contributed by atoms with van der Waals surface area (Å²) >= 11 is 1.73. The van der Waals surface area contributed by atoms with Crippen LogP contribution in [0.4, 0.5) is 4.79 Å². The Morgan fingerprint density at radius 3 is 2.83 bits per heavy atom. The van der Waals surface area contributed by atoms with Gasteiger partial charge in [-0.2, -0.15) is 0 Å². The fourth-order valence-electron chi connectivity index (χ4n) is 5.16. The molecule has 6 nitrogen and oxygen atoms in total. The molecule has 1 aromatic rings. The Morgan fingerprint density at radius 1 is 1.27 bits per heavy atom. The Bertz CT molecular complexity index is 960.